The second-order valence-corrected chi connectivity index (χ2v) is 4.94. The maximum atomic E-state index is 12.1. The van der Waals surface area contributed by atoms with Crippen LogP contribution in [0.5, 0.6) is 0 Å². The zero-order valence-electron chi connectivity index (χ0n) is 11.1. The second kappa shape index (κ2) is 6.16. The summed E-state index contributed by atoms with van der Waals surface area (Å²) >= 11 is 0. The van der Waals surface area contributed by atoms with Gasteiger partial charge in [0.1, 0.15) is 0 Å². The molecular weight excluding hydrogens is 230 g/mol. The van der Waals surface area contributed by atoms with Crippen LogP contribution in [0.25, 0.3) is 0 Å². The van der Waals surface area contributed by atoms with Crippen molar-refractivity contribution in [3.8, 4) is 0 Å². The number of hydrogen-bond acceptors (Lipinski definition) is 4. The number of ketones is 1. The van der Waals surface area contributed by atoms with Crippen molar-refractivity contribution in [2.75, 3.05) is 26.8 Å². The molecule has 2 rings (SSSR count). The first kappa shape index (κ1) is 13.3. The number of rotatable bonds is 8. The van der Waals surface area contributed by atoms with Crippen LogP contribution in [-0.4, -0.2) is 43.5 Å². The van der Waals surface area contributed by atoms with Crippen LogP contribution in [0.4, 0.5) is 0 Å². The van der Waals surface area contributed by atoms with E-state index in [0.717, 1.165) is 12.5 Å². The fourth-order valence-corrected chi connectivity index (χ4v) is 2.21. The molecule has 0 aliphatic heterocycles. The molecule has 1 aliphatic carbocycles. The number of furan rings is 1. The van der Waals surface area contributed by atoms with E-state index in [4.69, 9.17) is 9.15 Å². The molecule has 4 nitrogen and oxygen atoms in total. The number of hydrogen-bond donors (Lipinski definition) is 0. The summed E-state index contributed by atoms with van der Waals surface area (Å²) in [5.41, 5.74) is 0. The van der Waals surface area contributed by atoms with Crippen molar-refractivity contribution >= 4 is 5.78 Å². The highest BCUT2D eigenvalue weighted by atomic mass is 16.5. The topological polar surface area (TPSA) is 42.7 Å². The minimum absolute atomic E-state index is 0.0450. The number of nitrogens with zero attached hydrogens (tertiary/aromatic N) is 1. The zero-order valence-corrected chi connectivity index (χ0v) is 11.1. The first-order valence-corrected chi connectivity index (χ1v) is 6.52. The van der Waals surface area contributed by atoms with Crippen LogP contribution in [0, 0.1) is 5.92 Å². The van der Waals surface area contributed by atoms with Crippen molar-refractivity contribution in [1.29, 1.82) is 0 Å². The van der Waals surface area contributed by atoms with Gasteiger partial charge in [-0.2, -0.15) is 0 Å². The molecule has 0 bridgehead atoms. The van der Waals surface area contributed by atoms with Gasteiger partial charge in [0.05, 0.1) is 19.4 Å². The second-order valence-electron chi connectivity index (χ2n) is 4.94. The Hall–Kier alpha value is -1.13. The SMILES string of the molecule is COCCN(CC(=O)c1ccco1)C(C)C1CC1. The molecule has 1 aliphatic rings. The van der Waals surface area contributed by atoms with E-state index >= 15 is 0 Å². The summed E-state index contributed by atoms with van der Waals surface area (Å²) in [6.45, 7) is 4.06. The average Bonchev–Trinajstić information content (AvgIpc) is 3.08. The van der Waals surface area contributed by atoms with Crippen molar-refractivity contribution in [3.05, 3.63) is 24.2 Å². The van der Waals surface area contributed by atoms with Crippen LogP contribution in [0.2, 0.25) is 0 Å². The highest BCUT2D eigenvalue weighted by Crippen LogP contribution is 2.35. The van der Waals surface area contributed by atoms with Crippen molar-refractivity contribution in [1.82, 2.24) is 4.90 Å². The Labute approximate surface area is 108 Å². The number of carbonyl (C=O) groups is 1. The van der Waals surface area contributed by atoms with Gasteiger partial charge in [-0.15, -0.1) is 0 Å². The molecular formula is C14H21NO3. The first-order valence-electron chi connectivity index (χ1n) is 6.52. The monoisotopic (exact) mass is 251 g/mol. The van der Waals surface area contributed by atoms with Gasteiger partial charge in [0.15, 0.2) is 5.76 Å². The lowest BCUT2D eigenvalue weighted by Gasteiger charge is -2.27. The molecule has 0 aromatic carbocycles. The van der Waals surface area contributed by atoms with Gasteiger partial charge in [0, 0.05) is 19.7 Å². The number of ether oxygens (including phenoxy) is 1. The first-order chi connectivity index (χ1) is 8.72. The van der Waals surface area contributed by atoms with Gasteiger partial charge in [-0.25, -0.2) is 0 Å². The molecule has 1 aromatic rings. The summed E-state index contributed by atoms with van der Waals surface area (Å²) in [4.78, 5) is 14.3. The van der Waals surface area contributed by atoms with Gasteiger partial charge in [0.25, 0.3) is 0 Å². The van der Waals surface area contributed by atoms with Crippen molar-refractivity contribution < 1.29 is 13.9 Å². The number of carbonyl (C=O) groups excluding carboxylic acids is 1. The fraction of sp³-hybridized carbons (Fsp3) is 0.643. The van der Waals surface area contributed by atoms with Crippen LogP contribution in [0.1, 0.15) is 30.3 Å². The van der Waals surface area contributed by atoms with Crippen LogP contribution in [0.3, 0.4) is 0 Å². The Morgan fingerprint density at radius 2 is 2.39 bits per heavy atom. The molecule has 1 aromatic heterocycles. The van der Waals surface area contributed by atoms with Gasteiger partial charge in [0.2, 0.25) is 5.78 Å². The van der Waals surface area contributed by atoms with Crippen LogP contribution < -0.4 is 0 Å². The summed E-state index contributed by atoms with van der Waals surface area (Å²) in [5.74, 6) is 1.23. The van der Waals surface area contributed by atoms with E-state index in [-0.39, 0.29) is 5.78 Å². The van der Waals surface area contributed by atoms with E-state index < -0.39 is 0 Å². The predicted octanol–water partition coefficient (Wildman–Crippen LogP) is 2.21. The third kappa shape index (κ3) is 3.43. The molecule has 1 atom stereocenters. The van der Waals surface area contributed by atoms with Crippen LogP contribution in [-0.2, 0) is 4.74 Å². The lowest BCUT2D eigenvalue weighted by Crippen LogP contribution is -2.40. The Bertz CT molecular complexity index is 370. The molecule has 0 saturated heterocycles. The van der Waals surface area contributed by atoms with Crippen molar-refractivity contribution in [2.45, 2.75) is 25.8 Å². The third-order valence-corrected chi connectivity index (χ3v) is 3.61. The maximum Gasteiger partial charge on any atom is 0.211 e. The minimum Gasteiger partial charge on any atom is -0.461 e. The Balaban J connectivity index is 1.93. The van der Waals surface area contributed by atoms with E-state index in [2.05, 4.69) is 11.8 Å². The van der Waals surface area contributed by atoms with Gasteiger partial charge < -0.3 is 9.15 Å². The van der Waals surface area contributed by atoms with E-state index in [1.54, 1.807) is 19.2 Å². The number of Topliss-reactive ketones (excluding diaryl/α,β-unsaturated/α-hetero) is 1. The molecule has 1 unspecified atom stereocenters. The molecule has 1 heterocycles. The van der Waals surface area contributed by atoms with Crippen molar-refractivity contribution in [2.24, 2.45) is 5.92 Å². The maximum absolute atomic E-state index is 12.1. The molecule has 0 amide bonds. The predicted molar refractivity (Wildman–Crippen MR) is 68.7 cm³/mol. The summed E-state index contributed by atoms with van der Waals surface area (Å²) in [7, 11) is 1.69. The summed E-state index contributed by atoms with van der Waals surface area (Å²) in [6.07, 6.45) is 4.09. The quantitative estimate of drug-likeness (QED) is 0.664. The van der Waals surface area contributed by atoms with E-state index in [1.165, 1.54) is 19.1 Å². The zero-order chi connectivity index (χ0) is 13.0. The molecule has 100 valence electrons. The number of methoxy groups -OCH3 is 1. The average molecular weight is 251 g/mol. The van der Waals surface area contributed by atoms with Gasteiger partial charge in [-0.1, -0.05) is 0 Å². The Morgan fingerprint density at radius 1 is 1.61 bits per heavy atom. The van der Waals surface area contributed by atoms with Gasteiger partial charge >= 0.3 is 0 Å². The largest absolute Gasteiger partial charge is 0.461 e. The fourth-order valence-electron chi connectivity index (χ4n) is 2.21. The van der Waals surface area contributed by atoms with Crippen molar-refractivity contribution in [3.63, 3.8) is 0 Å². The normalized spacial score (nSPS) is 17.1. The molecule has 4 heteroatoms. The molecule has 0 N–H and O–H groups in total. The summed E-state index contributed by atoms with van der Waals surface area (Å²) in [6, 6.07) is 3.91. The third-order valence-electron chi connectivity index (χ3n) is 3.61. The lowest BCUT2D eigenvalue weighted by molar-refractivity contribution is 0.0792. The van der Waals surface area contributed by atoms with E-state index in [1.807, 2.05) is 0 Å². The van der Waals surface area contributed by atoms with Gasteiger partial charge in [-0.05, 0) is 37.8 Å². The molecule has 18 heavy (non-hydrogen) atoms. The summed E-state index contributed by atoms with van der Waals surface area (Å²) < 4.78 is 10.3. The van der Waals surface area contributed by atoms with Crippen LogP contribution >= 0.6 is 0 Å². The standard InChI is InChI=1S/C14H21NO3/c1-11(12-5-6-12)15(7-9-17-2)10-13(16)14-4-3-8-18-14/h3-4,8,11-12H,5-7,9-10H2,1-2H3. The van der Waals surface area contributed by atoms with Crippen LogP contribution in [0.15, 0.2) is 22.8 Å². The van der Waals surface area contributed by atoms with E-state index in [9.17, 15) is 4.79 Å². The molecule has 0 spiro atoms. The van der Waals surface area contributed by atoms with E-state index in [0.29, 0.717) is 25.0 Å². The highest BCUT2D eigenvalue weighted by Gasteiger charge is 2.32. The lowest BCUT2D eigenvalue weighted by atomic mass is 10.1. The Kier molecular flexibility index (Phi) is 4.55. The highest BCUT2D eigenvalue weighted by molar-refractivity contribution is 5.95. The smallest absolute Gasteiger partial charge is 0.211 e. The molecule has 1 fully saturated rings. The Morgan fingerprint density at radius 3 is 2.94 bits per heavy atom. The molecule has 1 saturated carbocycles. The van der Waals surface area contributed by atoms with Gasteiger partial charge in [-0.3, -0.25) is 9.69 Å². The summed E-state index contributed by atoms with van der Waals surface area (Å²) in [5, 5.41) is 0. The minimum atomic E-state index is 0.0450. The molecule has 0 radical (unpaired) electrons.